The van der Waals surface area contributed by atoms with Crippen LogP contribution in [0.15, 0.2) is 24.4 Å². The van der Waals surface area contributed by atoms with E-state index in [1.54, 1.807) is 24.4 Å². The maximum absolute atomic E-state index is 8.84. The highest BCUT2D eigenvalue weighted by Crippen LogP contribution is 2.18. The zero-order valence-electron chi connectivity index (χ0n) is 8.12. The van der Waals surface area contributed by atoms with Gasteiger partial charge in [-0.25, -0.2) is 4.98 Å². The quantitative estimate of drug-likeness (QED) is 0.741. The molecule has 0 unspecified atom stereocenters. The lowest BCUT2D eigenvalue weighted by molar-refractivity contribution is 0.851. The molecule has 2 N–H and O–H groups in total. The minimum Gasteiger partial charge on any atom is -0.382 e. The SMILES string of the molecule is N#Cc1nn(-c2ccccn2)c(N)c1C#N. The van der Waals surface area contributed by atoms with Crippen LogP contribution in [0.5, 0.6) is 0 Å². The van der Waals surface area contributed by atoms with Crippen molar-refractivity contribution in [3.8, 4) is 18.0 Å². The van der Waals surface area contributed by atoms with Crippen LogP contribution in [0.1, 0.15) is 11.3 Å². The Labute approximate surface area is 91.2 Å². The molecule has 0 aliphatic heterocycles. The Bertz CT molecular complexity index is 599. The Kier molecular flexibility index (Phi) is 2.25. The van der Waals surface area contributed by atoms with Crippen molar-refractivity contribution >= 4 is 5.82 Å². The van der Waals surface area contributed by atoms with E-state index in [1.165, 1.54) is 4.68 Å². The van der Waals surface area contributed by atoms with Crippen LogP contribution < -0.4 is 5.73 Å². The van der Waals surface area contributed by atoms with Crippen molar-refractivity contribution in [2.75, 3.05) is 5.73 Å². The summed E-state index contributed by atoms with van der Waals surface area (Å²) in [5, 5.41) is 21.5. The standard InChI is InChI=1S/C10H6N6/c11-5-7-8(6-12)15-16(10(7)13)9-3-1-2-4-14-9/h1-4H,13H2. The fraction of sp³-hybridized carbons (Fsp3) is 0. The molecule has 76 valence electrons. The largest absolute Gasteiger partial charge is 0.382 e. The number of nitriles is 2. The van der Waals surface area contributed by atoms with Gasteiger partial charge in [0, 0.05) is 6.20 Å². The highest BCUT2D eigenvalue weighted by Gasteiger charge is 2.16. The molecule has 0 radical (unpaired) electrons. The smallest absolute Gasteiger partial charge is 0.183 e. The number of pyridine rings is 1. The van der Waals surface area contributed by atoms with Gasteiger partial charge in [-0.3, -0.25) is 0 Å². The molecule has 16 heavy (non-hydrogen) atoms. The summed E-state index contributed by atoms with van der Waals surface area (Å²) in [6.45, 7) is 0. The third-order valence-corrected chi connectivity index (χ3v) is 2.01. The summed E-state index contributed by atoms with van der Waals surface area (Å²) < 4.78 is 1.27. The van der Waals surface area contributed by atoms with Crippen molar-refractivity contribution in [3.05, 3.63) is 35.7 Å². The molecule has 6 heteroatoms. The van der Waals surface area contributed by atoms with Gasteiger partial charge in [-0.2, -0.15) is 20.3 Å². The van der Waals surface area contributed by atoms with Crippen LogP contribution in [-0.2, 0) is 0 Å². The number of nitrogen functional groups attached to an aromatic ring is 1. The summed E-state index contributed by atoms with van der Waals surface area (Å²) >= 11 is 0. The van der Waals surface area contributed by atoms with E-state index in [1.807, 2.05) is 12.1 Å². The van der Waals surface area contributed by atoms with Gasteiger partial charge in [-0.15, -0.1) is 0 Å². The van der Waals surface area contributed by atoms with Crippen LogP contribution in [0.3, 0.4) is 0 Å². The summed E-state index contributed by atoms with van der Waals surface area (Å²) in [7, 11) is 0. The molecule has 0 fully saturated rings. The van der Waals surface area contributed by atoms with Gasteiger partial charge in [-0.1, -0.05) is 6.07 Å². The van der Waals surface area contributed by atoms with Gasteiger partial charge in [0.25, 0.3) is 0 Å². The van der Waals surface area contributed by atoms with Crippen molar-refractivity contribution in [1.82, 2.24) is 14.8 Å². The van der Waals surface area contributed by atoms with E-state index in [0.29, 0.717) is 5.82 Å². The number of hydrogen-bond acceptors (Lipinski definition) is 5. The number of hydrogen-bond donors (Lipinski definition) is 1. The van der Waals surface area contributed by atoms with Gasteiger partial charge in [0.05, 0.1) is 0 Å². The highest BCUT2D eigenvalue weighted by atomic mass is 15.3. The van der Waals surface area contributed by atoms with Crippen molar-refractivity contribution in [3.63, 3.8) is 0 Å². The average Bonchev–Trinajstić information content (AvgIpc) is 2.66. The molecular formula is C10H6N6. The number of anilines is 1. The van der Waals surface area contributed by atoms with Crippen LogP contribution in [0, 0.1) is 22.7 Å². The van der Waals surface area contributed by atoms with E-state index in [2.05, 4.69) is 10.1 Å². The van der Waals surface area contributed by atoms with Crippen LogP contribution in [0.2, 0.25) is 0 Å². The zero-order valence-corrected chi connectivity index (χ0v) is 8.12. The fourth-order valence-electron chi connectivity index (χ4n) is 1.27. The first-order valence-electron chi connectivity index (χ1n) is 4.38. The van der Waals surface area contributed by atoms with Gasteiger partial charge in [0.15, 0.2) is 11.5 Å². The predicted molar refractivity (Wildman–Crippen MR) is 55.2 cm³/mol. The van der Waals surface area contributed by atoms with Crippen molar-refractivity contribution in [2.45, 2.75) is 0 Å². The molecule has 2 aromatic heterocycles. The zero-order chi connectivity index (χ0) is 11.5. The molecule has 0 saturated carbocycles. The predicted octanol–water partition coefficient (Wildman–Crippen LogP) is 0.593. The number of nitrogens with zero attached hydrogens (tertiary/aromatic N) is 5. The van der Waals surface area contributed by atoms with Gasteiger partial charge >= 0.3 is 0 Å². The molecule has 2 rings (SSSR count). The Balaban J connectivity index is 2.66. The van der Waals surface area contributed by atoms with E-state index in [9.17, 15) is 0 Å². The number of aromatic nitrogens is 3. The maximum Gasteiger partial charge on any atom is 0.183 e. The van der Waals surface area contributed by atoms with Crippen LogP contribution in [0.25, 0.3) is 5.82 Å². The van der Waals surface area contributed by atoms with Crippen molar-refractivity contribution < 1.29 is 0 Å². The lowest BCUT2D eigenvalue weighted by Crippen LogP contribution is -2.03. The Morgan fingerprint density at radius 2 is 2.06 bits per heavy atom. The summed E-state index contributed by atoms with van der Waals surface area (Å²) in [6, 6.07) is 8.86. The number of nitrogens with two attached hydrogens (primary N) is 1. The van der Waals surface area contributed by atoms with Crippen molar-refractivity contribution in [1.29, 1.82) is 10.5 Å². The molecule has 0 amide bonds. The summed E-state index contributed by atoms with van der Waals surface area (Å²) in [6.07, 6.45) is 1.58. The summed E-state index contributed by atoms with van der Waals surface area (Å²) in [5.74, 6) is 0.593. The van der Waals surface area contributed by atoms with Crippen LogP contribution >= 0.6 is 0 Å². The molecule has 0 saturated heterocycles. The second kappa shape index (κ2) is 3.71. The third kappa shape index (κ3) is 1.35. The first-order valence-corrected chi connectivity index (χ1v) is 4.38. The molecule has 2 aromatic rings. The topological polar surface area (TPSA) is 104 Å². The maximum atomic E-state index is 8.84. The summed E-state index contributed by atoms with van der Waals surface area (Å²) in [5.41, 5.74) is 5.79. The molecular weight excluding hydrogens is 204 g/mol. The molecule has 0 aromatic carbocycles. The van der Waals surface area contributed by atoms with Crippen molar-refractivity contribution in [2.24, 2.45) is 0 Å². The second-order valence-electron chi connectivity index (χ2n) is 2.93. The van der Waals surface area contributed by atoms with Gasteiger partial charge in [-0.05, 0) is 12.1 Å². The average molecular weight is 210 g/mol. The Morgan fingerprint density at radius 1 is 1.25 bits per heavy atom. The first-order chi connectivity index (χ1) is 7.77. The molecule has 0 bridgehead atoms. The monoisotopic (exact) mass is 210 g/mol. The minimum atomic E-state index is 0.00523. The van der Waals surface area contributed by atoms with E-state index < -0.39 is 0 Å². The second-order valence-corrected chi connectivity index (χ2v) is 2.93. The summed E-state index contributed by atoms with van der Waals surface area (Å²) in [4.78, 5) is 4.03. The normalized spacial score (nSPS) is 9.38. The van der Waals surface area contributed by atoms with Crippen LogP contribution in [0.4, 0.5) is 5.82 Å². The molecule has 0 spiro atoms. The number of rotatable bonds is 1. The molecule has 2 heterocycles. The minimum absolute atomic E-state index is 0.00523. The lowest BCUT2D eigenvalue weighted by Gasteiger charge is -2.00. The van der Waals surface area contributed by atoms with Crippen LogP contribution in [-0.4, -0.2) is 14.8 Å². The Hall–Kier alpha value is -2.86. The molecule has 0 atom stereocenters. The van der Waals surface area contributed by atoms with Gasteiger partial charge in [0.2, 0.25) is 0 Å². The van der Waals surface area contributed by atoms with E-state index in [4.69, 9.17) is 16.3 Å². The highest BCUT2D eigenvalue weighted by molar-refractivity contribution is 5.58. The van der Waals surface area contributed by atoms with E-state index in [-0.39, 0.29) is 17.1 Å². The van der Waals surface area contributed by atoms with Gasteiger partial charge < -0.3 is 5.73 Å². The van der Waals surface area contributed by atoms with Gasteiger partial charge in [0.1, 0.15) is 23.5 Å². The lowest BCUT2D eigenvalue weighted by atomic mass is 10.3. The fourth-order valence-corrected chi connectivity index (χ4v) is 1.27. The first kappa shape index (κ1) is 9.69. The van der Waals surface area contributed by atoms with E-state index in [0.717, 1.165) is 0 Å². The molecule has 0 aliphatic rings. The molecule has 0 aliphatic carbocycles. The Morgan fingerprint density at radius 3 is 2.56 bits per heavy atom. The van der Waals surface area contributed by atoms with E-state index >= 15 is 0 Å². The molecule has 6 nitrogen and oxygen atoms in total. The third-order valence-electron chi connectivity index (χ3n) is 2.01.